The second-order valence-corrected chi connectivity index (χ2v) is 7.38. The van der Waals surface area contributed by atoms with Gasteiger partial charge in [-0.15, -0.1) is 0 Å². The fourth-order valence-corrected chi connectivity index (χ4v) is 3.81. The Kier molecular flexibility index (Phi) is 5.67. The number of aromatic nitrogens is 1. The third-order valence-electron chi connectivity index (χ3n) is 4.40. The number of fused-ring (bicyclic) bond motifs is 1. The molecule has 0 aliphatic rings. The van der Waals surface area contributed by atoms with Crippen LogP contribution in [0.2, 0.25) is 0 Å². The summed E-state index contributed by atoms with van der Waals surface area (Å²) in [4.78, 5) is 14.2. The number of carboxylic acids is 1. The Balaban J connectivity index is 1.89. The predicted molar refractivity (Wildman–Crippen MR) is 107 cm³/mol. The molecule has 2 aromatic carbocycles. The van der Waals surface area contributed by atoms with Crippen LogP contribution in [0, 0.1) is 6.92 Å². The van der Waals surface area contributed by atoms with Gasteiger partial charge in [0.1, 0.15) is 11.5 Å². The zero-order valence-electron chi connectivity index (χ0n) is 14.9. The first kappa shape index (κ1) is 18.5. The second-order valence-electron chi connectivity index (χ2n) is 6.52. The van der Waals surface area contributed by atoms with Crippen molar-refractivity contribution in [2.24, 2.45) is 0 Å². The summed E-state index contributed by atoms with van der Waals surface area (Å²) in [5.74, 6) is 0.635. The maximum atomic E-state index is 10.9. The molecule has 5 heteroatoms. The van der Waals surface area contributed by atoms with Crippen LogP contribution < -0.4 is 4.74 Å². The minimum absolute atomic E-state index is 0.00415. The lowest BCUT2D eigenvalue weighted by Gasteiger charge is -2.13. The minimum Gasteiger partial charge on any atom is -0.481 e. The van der Waals surface area contributed by atoms with Gasteiger partial charge in [0.05, 0.1) is 10.9 Å². The molecular weight excluding hydrogens is 394 g/mol. The summed E-state index contributed by atoms with van der Waals surface area (Å²) in [6.45, 7) is 4.12. The Bertz CT molecular complexity index is 923. The standard InChI is InChI=1S/C21H22BrNO3/c1-3-4-5-15-12-23-19-7-6-16(11-17(15)19)26-21-13(2)8-14(9-18(21)22)10-20(24)25/h6-9,11-12,23H,3-5,10H2,1-2H3,(H,24,25). The number of rotatable bonds is 7. The molecule has 1 aromatic heterocycles. The maximum absolute atomic E-state index is 10.9. The first-order chi connectivity index (χ1) is 12.5. The lowest BCUT2D eigenvalue weighted by Crippen LogP contribution is -2.01. The zero-order chi connectivity index (χ0) is 18.7. The summed E-state index contributed by atoms with van der Waals surface area (Å²) >= 11 is 3.51. The van der Waals surface area contributed by atoms with E-state index in [4.69, 9.17) is 9.84 Å². The predicted octanol–water partition coefficient (Wildman–Crippen LogP) is 6.00. The topological polar surface area (TPSA) is 62.3 Å². The van der Waals surface area contributed by atoms with Crippen molar-refractivity contribution in [3.05, 3.63) is 57.7 Å². The number of aryl methyl sites for hydroxylation is 2. The fraction of sp³-hybridized carbons (Fsp3) is 0.286. The second kappa shape index (κ2) is 7.96. The Hall–Kier alpha value is -2.27. The van der Waals surface area contributed by atoms with Crippen molar-refractivity contribution >= 4 is 32.8 Å². The van der Waals surface area contributed by atoms with Gasteiger partial charge in [-0.05, 0) is 76.7 Å². The molecule has 2 N–H and O–H groups in total. The van der Waals surface area contributed by atoms with E-state index in [1.165, 1.54) is 10.9 Å². The van der Waals surface area contributed by atoms with Crippen molar-refractivity contribution in [1.82, 2.24) is 4.98 Å². The maximum Gasteiger partial charge on any atom is 0.307 e. The number of aromatic amines is 1. The van der Waals surface area contributed by atoms with Crippen molar-refractivity contribution in [1.29, 1.82) is 0 Å². The Morgan fingerprint density at radius 1 is 1.27 bits per heavy atom. The quantitative estimate of drug-likeness (QED) is 0.497. The summed E-state index contributed by atoms with van der Waals surface area (Å²) in [7, 11) is 0. The number of hydrogen-bond donors (Lipinski definition) is 2. The van der Waals surface area contributed by atoms with E-state index in [2.05, 4.69) is 40.1 Å². The molecule has 0 aliphatic carbocycles. The van der Waals surface area contributed by atoms with Crippen molar-refractivity contribution in [3.8, 4) is 11.5 Å². The van der Waals surface area contributed by atoms with E-state index in [1.807, 2.05) is 25.1 Å². The van der Waals surface area contributed by atoms with Gasteiger partial charge in [0.25, 0.3) is 0 Å². The highest BCUT2D eigenvalue weighted by Crippen LogP contribution is 2.35. The van der Waals surface area contributed by atoms with Crippen LogP contribution in [0.4, 0.5) is 0 Å². The summed E-state index contributed by atoms with van der Waals surface area (Å²) in [6, 6.07) is 9.70. The molecule has 0 saturated carbocycles. The molecule has 0 atom stereocenters. The highest BCUT2D eigenvalue weighted by molar-refractivity contribution is 9.10. The van der Waals surface area contributed by atoms with Gasteiger partial charge in [-0.1, -0.05) is 19.4 Å². The van der Waals surface area contributed by atoms with Crippen LogP contribution >= 0.6 is 15.9 Å². The molecule has 26 heavy (non-hydrogen) atoms. The van der Waals surface area contributed by atoms with E-state index in [-0.39, 0.29) is 6.42 Å². The molecule has 0 spiro atoms. The molecule has 0 fully saturated rings. The molecule has 4 nitrogen and oxygen atoms in total. The van der Waals surface area contributed by atoms with Crippen molar-refractivity contribution in [3.63, 3.8) is 0 Å². The van der Waals surface area contributed by atoms with E-state index >= 15 is 0 Å². The van der Waals surface area contributed by atoms with Gasteiger partial charge in [0.15, 0.2) is 0 Å². The Labute approximate surface area is 161 Å². The van der Waals surface area contributed by atoms with Gasteiger partial charge in [0.2, 0.25) is 0 Å². The highest BCUT2D eigenvalue weighted by Gasteiger charge is 2.12. The van der Waals surface area contributed by atoms with Gasteiger partial charge in [-0.2, -0.15) is 0 Å². The molecule has 0 amide bonds. The number of H-pyrrole nitrogens is 1. The van der Waals surface area contributed by atoms with Crippen molar-refractivity contribution < 1.29 is 14.6 Å². The highest BCUT2D eigenvalue weighted by atomic mass is 79.9. The van der Waals surface area contributed by atoms with Crippen LogP contribution in [0.3, 0.4) is 0 Å². The molecule has 3 rings (SSSR count). The van der Waals surface area contributed by atoms with Crippen LogP contribution in [0.5, 0.6) is 11.5 Å². The van der Waals surface area contributed by atoms with Crippen LogP contribution in [0.15, 0.2) is 41.0 Å². The van der Waals surface area contributed by atoms with Crippen molar-refractivity contribution in [2.75, 3.05) is 0 Å². The zero-order valence-corrected chi connectivity index (χ0v) is 16.5. The molecular formula is C21H22BrNO3. The SMILES string of the molecule is CCCCc1c[nH]c2ccc(Oc3c(C)cc(CC(=O)O)cc3Br)cc12. The third kappa shape index (κ3) is 4.10. The number of nitrogens with one attached hydrogen (secondary N) is 1. The number of unbranched alkanes of at least 4 members (excludes halogenated alkanes) is 1. The molecule has 0 radical (unpaired) electrons. The van der Waals surface area contributed by atoms with Crippen LogP contribution in [-0.2, 0) is 17.6 Å². The Morgan fingerprint density at radius 2 is 2.08 bits per heavy atom. The first-order valence-electron chi connectivity index (χ1n) is 8.76. The summed E-state index contributed by atoms with van der Waals surface area (Å²) in [5, 5.41) is 10.2. The number of carboxylic acid groups (broad SMARTS) is 1. The monoisotopic (exact) mass is 415 g/mol. The van der Waals surface area contributed by atoms with Gasteiger partial charge < -0.3 is 14.8 Å². The van der Waals surface area contributed by atoms with Crippen LogP contribution in [0.25, 0.3) is 10.9 Å². The lowest BCUT2D eigenvalue weighted by atomic mass is 10.1. The van der Waals surface area contributed by atoms with E-state index in [0.717, 1.165) is 46.1 Å². The molecule has 0 aliphatic heterocycles. The summed E-state index contributed by atoms with van der Waals surface area (Å²) in [5.41, 5.74) is 4.06. The number of carbonyl (C=O) groups is 1. The summed E-state index contributed by atoms with van der Waals surface area (Å²) in [6.07, 6.45) is 5.44. The molecule has 0 saturated heterocycles. The van der Waals surface area contributed by atoms with Crippen LogP contribution in [-0.4, -0.2) is 16.1 Å². The molecule has 3 aromatic rings. The Morgan fingerprint density at radius 3 is 2.77 bits per heavy atom. The van der Waals surface area contributed by atoms with Gasteiger partial charge in [-0.3, -0.25) is 4.79 Å². The fourth-order valence-electron chi connectivity index (χ4n) is 3.12. The van der Waals surface area contributed by atoms with Gasteiger partial charge in [0, 0.05) is 17.1 Å². The number of hydrogen-bond acceptors (Lipinski definition) is 2. The largest absolute Gasteiger partial charge is 0.481 e. The average Bonchev–Trinajstić information content (AvgIpc) is 2.98. The normalized spacial score (nSPS) is 11.0. The third-order valence-corrected chi connectivity index (χ3v) is 4.99. The van der Waals surface area contributed by atoms with Gasteiger partial charge >= 0.3 is 5.97 Å². The number of ether oxygens (including phenoxy) is 1. The van der Waals surface area contributed by atoms with Gasteiger partial charge in [-0.25, -0.2) is 0 Å². The number of aliphatic carboxylic acids is 1. The van der Waals surface area contributed by atoms with E-state index in [0.29, 0.717) is 5.75 Å². The lowest BCUT2D eigenvalue weighted by molar-refractivity contribution is -0.136. The molecule has 1 heterocycles. The summed E-state index contributed by atoms with van der Waals surface area (Å²) < 4.78 is 6.89. The molecule has 0 bridgehead atoms. The smallest absolute Gasteiger partial charge is 0.307 e. The van der Waals surface area contributed by atoms with Crippen molar-refractivity contribution in [2.45, 2.75) is 39.5 Å². The van der Waals surface area contributed by atoms with E-state index in [9.17, 15) is 4.79 Å². The number of halogens is 1. The van der Waals surface area contributed by atoms with Crippen LogP contribution in [0.1, 0.15) is 36.5 Å². The minimum atomic E-state index is -0.845. The molecule has 0 unspecified atom stereocenters. The van der Waals surface area contributed by atoms with E-state index < -0.39 is 5.97 Å². The first-order valence-corrected chi connectivity index (χ1v) is 9.56. The molecule has 136 valence electrons. The van der Waals surface area contributed by atoms with E-state index in [1.54, 1.807) is 6.07 Å². The number of benzene rings is 2. The average molecular weight is 416 g/mol.